The number of nitrogens with one attached hydrogen (secondary N) is 1. The Hall–Kier alpha value is -3.42. The number of amides is 2. The predicted octanol–water partition coefficient (Wildman–Crippen LogP) is 5.83. The Kier molecular flexibility index (Phi) is 6.70. The lowest BCUT2D eigenvalue weighted by Crippen LogP contribution is -2.25. The molecule has 1 N–H and O–H groups in total. The van der Waals surface area contributed by atoms with Gasteiger partial charge in [0.25, 0.3) is 5.91 Å². The first-order valence-corrected chi connectivity index (χ1v) is 12.6. The van der Waals surface area contributed by atoms with Crippen LogP contribution in [0.5, 0.6) is 0 Å². The maximum absolute atomic E-state index is 12.7. The molecule has 0 aromatic heterocycles. The van der Waals surface area contributed by atoms with E-state index in [0.29, 0.717) is 22.3 Å². The highest BCUT2D eigenvalue weighted by Gasteiger charge is 2.39. The molecular formula is C27H23ClN4O2S. The largest absolute Gasteiger partial charge is 0.326 e. The van der Waals surface area contributed by atoms with E-state index in [-0.39, 0.29) is 24.3 Å². The Labute approximate surface area is 213 Å². The molecule has 176 valence electrons. The first kappa shape index (κ1) is 23.3. The summed E-state index contributed by atoms with van der Waals surface area (Å²) in [6.45, 7) is 1.96. The molecule has 0 unspecified atom stereocenters. The van der Waals surface area contributed by atoms with E-state index in [1.54, 1.807) is 0 Å². The molecule has 0 fully saturated rings. The molecule has 2 aliphatic heterocycles. The molecule has 5 rings (SSSR count). The van der Waals surface area contributed by atoms with Crippen LogP contribution < -0.4 is 5.32 Å². The molecule has 8 heteroatoms. The molecule has 0 bridgehead atoms. The number of carbonyl (C=O) groups excluding carboxylic acids is 2. The maximum Gasteiger partial charge on any atom is 0.262 e. The molecule has 0 saturated carbocycles. The fourth-order valence-corrected chi connectivity index (χ4v) is 5.33. The fraction of sp³-hybridized carbons (Fsp3) is 0.185. The Bertz CT molecular complexity index is 1320. The lowest BCUT2D eigenvalue weighted by molar-refractivity contribution is -0.121. The molecule has 6 nitrogen and oxygen atoms in total. The van der Waals surface area contributed by atoms with E-state index < -0.39 is 5.25 Å². The van der Waals surface area contributed by atoms with E-state index in [4.69, 9.17) is 16.7 Å². The van der Waals surface area contributed by atoms with Crippen molar-refractivity contribution in [2.24, 2.45) is 10.1 Å². The third-order valence-electron chi connectivity index (χ3n) is 5.87. The Morgan fingerprint density at radius 2 is 1.86 bits per heavy atom. The second kappa shape index (κ2) is 10.1. The minimum atomic E-state index is -0.582. The van der Waals surface area contributed by atoms with E-state index in [0.717, 1.165) is 22.4 Å². The maximum atomic E-state index is 12.7. The first-order chi connectivity index (χ1) is 17.0. The van der Waals surface area contributed by atoms with Gasteiger partial charge in [-0.3, -0.25) is 9.59 Å². The van der Waals surface area contributed by atoms with Gasteiger partial charge in [0.1, 0.15) is 5.25 Å². The zero-order valence-corrected chi connectivity index (χ0v) is 20.6. The minimum absolute atomic E-state index is 0.0437. The standard InChI is InChI=1S/C27H23ClN4O2S/c1-17-6-5-9-21(14-17)29-25(33)16-24-26(34)30-27(35-24)32-23(19-7-3-2-4-8-19)15-22(31-32)18-10-12-20(28)13-11-18/h2-14,23-24H,15-16H2,1H3,(H,29,33)/t23-,24-/m0/s1. The van der Waals surface area contributed by atoms with Gasteiger partial charge in [0, 0.05) is 23.6 Å². The van der Waals surface area contributed by atoms with Crippen molar-refractivity contribution in [3.63, 3.8) is 0 Å². The predicted molar refractivity (Wildman–Crippen MR) is 142 cm³/mol. The molecule has 2 heterocycles. The lowest BCUT2D eigenvalue weighted by atomic mass is 9.99. The van der Waals surface area contributed by atoms with Gasteiger partial charge in [-0.05, 0) is 47.9 Å². The van der Waals surface area contributed by atoms with Crippen LogP contribution in [0.3, 0.4) is 0 Å². The van der Waals surface area contributed by atoms with E-state index in [2.05, 4.69) is 10.3 Å². The number of hydrazone groups is 1. The molecule has 0 spiro atoms. The normalized spacial score (nSPS) is 19.5. The highest BCUT2D eigenvalue weighted by molar-refractivity contribution is 8.15. The van der Waals surface area contributed by atoms with Gasteiger partial charge in [-0.25, -0.2) is 5.01 Å². The Morgan fingerprint density at radius 1 is 1.09 bits per heavy atom. The number of thioether (sulfide) groups is 1. The number of benzene rings is 3. The summed E-state index contributed by atoms with van der Waals surface area (Å²) >= 11 is 7.36. The summed E-state index contributed by atoms with van der Waals surface area (Å²) in [5, 5.41) is 10.1. The molecule has 2 atom stereocenters. The van der Waals surface area contributed by atoms with Gasteiger partial charge in [-0.15, -0.1) is 0 Å². The SMILES string of the molecule is Cc1cccc(NC(=O)C[C@@H]2SC(N3N=C(c4ccc(Cl)cc4)C[C@H]3c3ccccc3)=NC2=O)c1. The van der Waals surface area contributed by atoms with Crippen LogP contribution in [0.4, 0.5) is 5.69 Å². The van der Waals surface area contributed by atoms with E-state index in [1.165, 1.54) is 11.8 Å². The van der Waals surface area contributed by atoms with Crippen LogP contribution in [0.25, 0.3) is 0 Å². The molecule has 3 aromatic carbocycles. The summed E-state index contributed by atoms with van der Waals surface area (Å²) in [7, 11) is 0. The fourth-order valence-electron chi connectivity index (χ4n) is 4.15. The minimum Gasteiger partial charge on any atom is -0.326 e. The summed E-state index contributed by atoms with van der Waals surface area (Å²) in [6, 6.07) is 25.1. The van der Waals surface area contributed by atoms with Crippen molar-refractivity contribution in [1.82, 2.24) is 5.01 Å². The molecule has 2 amide bonds. The first-order valence-electron chi connectivity index (χ1n) is 11.3. The number of rotatable bonds is 5. The van der Waals surface area contributed by atoms with Gasteiger partial charge in [-0.1, -0.05) is 78.0 Å². The van der Waals surface area contributed by atoms with Crippen LogP contribution in [-0.2, 0) is 9.59 Å². The van der Waals surface area contributed by atoms with Crippen LogP contribution in [-0.4, -0.2) is 33.0 Å². The van der Waals surface area contributed by atoms with Crippen molar-refractivity contribution >= 4 is 51.7 Å². The van der Waals surface area contributed by atoms with Crippen LogP contribution in [0.1, 0.15) is 35.6 Å². The topological polar surface area (TPSA) is 74.1 Å². The highest BCUT2D eigenvalue weighted by Crippen LogP contribution is 2.38. The second-order valence-corrected chi connectivity index (χ2v) is 10.1. The monoisotopic (exact) mass is 502 g/mol. The van der Waals surface area contributed by atoms with Crippen molar-refractivity contribution in [1.29, 1.82) is 0 Å². The smallest absolute Gasteiger partial charge is 0.262 e. The van der Waals surface area contributed by atoms with Gasteiger partial charge in [0.05, 0.1) is 11.8 Å². The molecular weight excluding hydrogens is 480 g/mol. The van der Waals surface area contributed by atoms with E-state index in [9.17, 15) is 9.59 Å². The van der Waals surface area contributed by atoms with E-state index >= 15 is 0 Å². The number of anilines is 1. The number of halogens is 1. The van der Waals surface area contributed by atoms with Gasteiger partial charge < -0.3 is 5.32 Å². The van der Waals surface area contributed by atoms with Crippen LogP contribution in [0.2, 0.25) is 5.02 Å². The Balaban J connectivity index is 1.34. The molecule has 2 aliphatic rings. The summed E-state index contributed by atoms with van der Waals surface area (Å²) in [4.78, 5) is 29.7. The summed E-state index contributed by atoms with van der Waals surface area (Å²) in [6.07, 6.45) is 0.708. The summed E-state index contributed by atoms with van der Waals surface area (Å²) in [5.41, 5.74) is 4.72. The molecule has 3 aromatic rings. The lowest BCUT2D eigenvalue weighted by Gasteiger charge is -2.23. The van der Waals surface area contributed by atoms with Crippen molar-refractivity contribution in [3.05, 3.63) is 101 Å². The second-order valence-electron chi connectivity index (χ2n) is 8.49. The number of aryl methyl sites for hydroxylation is 1. The molecule has 0 saturated heterocycles. The van der Waals surface area contributed by atoms with Gasteiger partial charge in [-0.2, -0.15) is 10.1 Å². The quantitative estimate of drug-likeness (QED) is 0.476. The number of nitrogens with zero attached hydrogens (tertiary/aromatic N) is 3. The average molecular weight is 503 g/mol. The zero-order valence-electron chi connectivity index (χ0n) is 19.0. The van der Waals surface area contributed by atoms with Crippen molar-refractivity contribution in [3.8, 4) is 0 Å². The number of hydrogen-bond acceptors (Lipinski definition) is 5. The van der Waals surface area contributed by atoms with Gasteiger partial charge in [0.2, 0.25) is 5.91 Å². The van der Waals surface area contributed by atoms with Crippen molar-refractivity contribution < 1.29 is 9.59 Å². The number of aliphatic imine (C=N–C) groups is 1. The third kappa shape index (κ3) is 5.31. The number of amidine groups is 1. The average Bonchev–Trinajstić information content (AvgIpc) is 3.44. The molecule has 0 radical (unpaired) electrons. The van der Waals surface area contributed by atoms with Crippen molar-refractivity contribution in [2.45, 2.75) is 31.1 Å². The van der Waals surface area contributed by atoms with Gasteiger partial charge in [0.15, 0.2) is 5.17 Å². The van der Waals surface area contributed by atoms with Crippen molar-refractivity contribution in [2.75, 3.05) is 5.32 Å². The highest BCUT2D eigenvalue weighted by atomic mass is 35.5. The molecule has 0 aliphatic carbocycles. The van der Waals surface area contributed by atoms with Gasteiger partial charge >= 0.3 is 0 Å². The van der Waals surface area contributed by atoms with Crippen LogP contribution >= 0.6 is 23.4 Å². The Morgan fingerprint density at radius 3 is 2.60 bits per heavy atom. The molecule has 35 heavy (non-hydrogen) atoms. The number of carbonyl (C=O) groups is 2. The van der Waals surface area contributed by atoms with Crippen LogP contribution in [0.15, 0.2) is 89.0 Å². The number of hydrogen-bond donors (Lipinski definition) is 1. The van der Waals surface area contributed by atoms with E-state index in [1.807, 2.05) is 90.8 Å². The van der Waals surface area contributed by atoms with Crippen LogP contribution in [0, 0.1) is 6.92 Å². The summed E-state index contributed by atoms with van der Waals surface area (Å²) < 4.78 is 0. The third-order valence-corrected chi connectivity index (χ3v) is 7.26. The summed E-state index contributed by atoms with van der Waals surface area (Å²) in [5.74, 6) is -0.532. The zero-order chi connectivity index (χ0) is 24.4.